The predicted octanol–water partition coefficient (Wildman–Crippen LogP) is 5.99. The lowest BCUT2D eigenvalue weighted by Gasteiger charge is -2.07. The Morgan fingerprint density at radius 1 is 0.571 bits per heavy atom. The highest BCUT2D eigenvalue weighted by Gasteiger charge is 2.13. The van der Waals surface area contributed by atoms with Crippen molar-refractivity contribution in [3.05, 3.63) is 114 Å². The zero-order valence-electron chi connectivity index (χ0n) is 19.3. The molecule has 0 aliphatic rings. The first-order chi connectivity index (χ1) is 17.2. The van der Waals surface area contributed by atoms with Gasteiger partial charge in [-0.15, -0.1) is 0 Å². The van der Waals surface area contributed by atoms with E-state index in [0.717, 1.165) is 44.1 Å². The van der Waals surface area contributed by atoms with Crippen LogP contribution in [-0.2, 0) is 6.54 Å². The summed E-state index contributed by atoms with van der Waals surface area (Å²) in [6.45, 7) is 1.11. The maximum atomic E-state index is 10.5. The molecular formula is C31H27N2O2+. The fourth-order valence-corrected chi connectivity index (χ4v) is 4.51. The van der Waals surface area contributed by atoms with Crippen LogP contribution in [0, 0.1) is 0 Å². The first kappa shape index (κ1) is 22.4. The monoisotopic (exact) mass is 459 g/mol. The van der Waals surface area contributed by atoms with Crippen molar-refractivity contribution in [1.82, 2.24) is 0 Å². The topological polar surface area (TPSA) is 70.4 Å². The van der Waals surface area contributed by atoms with Gasteiger partial charge < -0.3 is 15.9 Å². The van der Waals surface area contributed by atoms with E-state index in [0.29, 0.717) is 13.1 Å². The minimum Gasteiger partial charge on any atom is -0.507 e. The lowest BCUT2D eigenvalue weighted by molar-refractivity contribution is -0.697. The van der Waals surface area contributed by atoms with Gasteiger partial charge in [-0.1, -0.05) is 60.7 Å². The zero-order valence-corrected chi connectivity index (χ0v) is 19.3. The van der Waals surface area contributed by atoms with Crippen LogP contribution in [0.5, 0.6) is 11.5 Å². The Labute approximate surface area is 204 Å². The van der Waals surface area contributed by atoms with E-state index in [-0.39, 0.29) is 11.5 Å². The normalized spacial score (nSPS) is 11.8. The molecular weight excluding hydrogens is 432 g/mol. The number of rotatable bonds is 6. The van der Waals surface area contributed by atoms with Crippen molar-refractivity contribution >= 4 is 45.8 Å². The minimum atomic E-state index is 0.243. The van der Waals surface area contributed by atoms with E-state index in [4.69, 9.17) is 5.73 Å². The molecule has 0 aliphatic heterocycles. The van der Waals surface area contributed by atoms with Crippen LogP contribution in [0.15, 0.2) is 91.0 Å². The van der Waals surface area contributed by atoms with E-state index in [2.05, 4.69) is 4.57 Å². The zero-order chi connectivity index (χ0) is 24.2. The van der Waals surface area contributed by atoms with Gasteiger partial charge in [0, 0.05) is 35.4 Å². The molecule has 1 heterocycles. The highest BCUT2D eigenvalue weighted by Crippen LogP contribution is 2.30. The van der Waals surface area contributed by atoms with Crippen molar-refractivity contribution in [3.63, 3.8) is 0 Å². The molecule has 0 bridgehead atoms. The molecule has 1 aromatic heterocycles. The van der Waals surface area contributed by atoms with E-state index in [1.807, 2.05) is 103 Å². The largest absolute Gasteiger partial charge is 0.507 e. The van der Waals surface area contributed by atoms with E-state index >= 15 is 0 Å². The lowest BCUT2D eigenvalue weighted by Crippen LogP contribution is -2.43. The fourth-order valence-electron chi connectivity index (χ4n) is 4.51. The van der Waals surface area contributed by atoms with Crippen LogP contribution in [0.2, 0.25) is 0 Å². The second-order valence-corrected chi connectivity index (χ2v) is 8.42. The summed E-state index contributed by atoms with van der Waals surface area (Å²) in [6.07, 6.45) is 7.90. The number of benzene rings is 4. The summed E-state index contributed by atoms with van der Waals surface area (Å²) in [5.41, 5.74) is 9.45. The van der Waals surface area contributed by atoms with E-state index in [1.165, 1.54) is 0 Å². The Hall–Kier alpha value is -4.41. The van der Waals surface area contributed by atoms with Crippen LogP contribution in [0.4, 0.5) is 0 Å². The first-order valence-electron chi connectivity index (χ1n) is 11.7. The molecule has 0 fully saturated rings. The molecule has 5 aromatic rings. The quantitative estimate of drug-likeness (QED) is 0.273. The van der Waals surface area contributed by atoms with Gasteiger partial charge in [-0.2, -0.15) is 4.57 Å². The van der Waals surface area contributed by atoms with Crippen LogP contribution in [0.25, 0.3) is 45.8 Å². The number of hydrogen-bond donors (Lipinski definition) is 3. The summed E-state index contributed by atoms with van der Waals surface area (Å²) < 4.78 is 2.14. The summed E-state index contributed by atoms with van der Waals surface area (Å²) in [6, 6.07) is 29.4. The maximum Gasteiger partial charge on any atom is 0.205 e. The van der Waals surface area contributed by atoms with E-state index < -0.39 is 0 Å². The molecule has 0 saturated heterocycles. The first-order valence-corrected chi connectivity index (χ1v) is 11.7. The second-order valence-electron chi connectivity index (χ2n) is 8.42. The number of pyridine rings is 1. The number of nitrogens with two attached hydrogens (primary N) is 1. The van der Waals surface area contributed by atoms with Gasteiger partial charge in [0.05, 0.1) is 6.54 Å². The molecule has 0 atom stereocenters. The van der Waals surface area contributed by atoms with Gasteiger partial charge in [0.25, 0.3) is 0 Å². The number of nitrogens with zero attached hydrogens (tertiary/aromatic N) is 1. The molecule has 4 aromatic carbocycles. The standard InChI is InChI=1S/C31H26N2O2/c32-20-21-33-24(14-16-28-26-10-3-1-6-22(26)12-18-30(28)34)8-5-9-25(33)15-17-29-27-11-4-2-7-23(27)13-19-31(29)35/h1-19H,20-21,32H2,(H,34,35)/p+1. The maximum absolute atomic E-state index is 10.5. The van der Waals surface area contributed by atoms with Gasteiger partial charge in [0.2, 0.25) is 11.4 Å². The summed E-state index contributed by atoms with van der Waals surface area (Å²) >= 11 is 0. The summed E-state index contributed by atoms with van der Waals surface area (Å²) in [4.78, 5) is 0. The highest BCUT2D eigenvalue weighted by molar-refractivity contribution is 5.96. The number of phenols is 2. The number of aromatic hydroxyl groups is 2. The SMILES string of the molecule is NCC[n+]1c(/C=C/c2c(O)ccc3ccccc23)cccc1/C=C/c1c(O)ccc2ccccc12. The molecule has 35 heavy (non-hydrogen) atoms. The van der Waals surface area contributed by atoms with Gasteiger partial charge in [-0.3, -0.25) is 0 Å². The third-order valence-corrected chi connectivity index (χ3v) is 6.25. The average Bonchev–Trinajstić information content (AvgIpc) is 2.89. The molecule has 0 spiro atoms. The summed E-state index contributed by atoms with van der Waals surface area (Å²) in [5.74, 6) is 0.487. The van der Waals surface area contributed by atoms with Gasteiger partial charge in [-0.05, 0) is 51.9 Å². The van der Waals surface area contributed by atoms with Crippen molar-refractivity contribution in [2.45, 2.75) is 6.54 Å². The van der Waals surface area contributed by atoms with Gasteiger partial charge in [0.1, 0.15) is 11.5 Å². The Morgan fingerprint density at radius 2 is 1.06 bits per heavy atom. The van der Waals surface area contributed by atoms with Gasteiger partial charge in [-0.25, -0.2) is 0 Å². The molecule has 0 radical (unpaired) electrons. The number of aromatic nitrogens is 1. The second kappa shape index (κ2) is 9.84. The molecule has 0 saturated carbocycles. The molecule has 172 valence electrons. The lowest BCUT2D eigenvalue weighted by atomic mass is 10.0. The molecule has 0 aliphatic carbocycles. The minimum absolute atomic E-state index is 0.243. The smallest absolute Gasteiger partial charge is 0.205 e. The third kappa shape index (κ3) is 4.52. The van der Waals surface area contributed by atoms with Crippen LogP contribution in [0.1, 0.15) is 22.5 Å². The van der Waals surface area contributed by atoms with E-state index in [1.54, 1.807) is 12.1 Å². The fraction of sp³-hybridized carbons (Fsp3) is 0.0645. The van der Waals surface area contributed by atoms with Crippen molar-refractivity contribution in [3.8, 4) is 11.5 Å². The predicted molar refractivity (Wildman–Crippen MR) is 145 cm³/mol. The Kier molecular flexibility index (Phi) is 6.29. The van der Waals surface area contributed by atoms with Gasteiger partial charge >= 0.3 is 0 Å². The molecule has 0 amide bonds. The number of hydrogen-bond acceptors (Lipinski definition) is 3. The van der Waals surface area contributed by atoms with Crippen LogP contribution < -0.4 is 10.3 Å². The number of phenolic OH excluding ortho intramolecular Hbond substituents is 2. The number of fused-ring (bicyclic) bond motifs is 2. The van der Waals surface area contributed by atoms with Gasteiger partial charge in [0.15, 0.2) is 6.54 Å². The van der Waals surface area contributed by atoms with Crippen molar-refractivity contribution in [2.24, 2.45) is 5.73 Å². The Balaban J connectivity index is 1.56. The average molecular weight is 460 g/mol. The van der Waals surface area contributed by atoms with Crippen LogP contribution in [-0.4, -0.2) is 16.8 Å². The molecule has 5 rings (SSSR count). The van der Waals surface area contributed by atoms with Crippen LogP contribution in [0.3, 0.4) is 0 Å². The summed E-state index contributed by atoms with van der Waals surface area (Å²) in [5, 5.41) is 25.2. The highest BCUT2D eigenvalue weighted by atomic mass is 16.3. The van der Waals surface area contributed by atoms with Crippen molar-refractivity contribution in [1.29, 1.82) is 0 Å². The molecule has 4 heteroatoms. The summed E-state index contributed by atoms with van der Waals surface area (Å²) in [7, 11) is 0. The Bertz CT molecular complexity index is 1470. The van der Waals surface area contributed by atoms with Crippen molar-refractivity contribution in [2.75, 3.05) is 6.54 Å². The molecule has 4 N–H and O–H groups in total. The van der Waals surface area contributed by atoms with E-state index in [9.17, 15) is 10.2 Å². The van der Waals surface area contributed by atoms with Crippen molar-refractivity contribution < 1.29 is 14.8 Å². The molecule has 4 nitrogen and oxygen atoms in total. The molecule has 0 unspecified atom stereocenters. The Morgan fingerprint density at radius 3 is 1.54 bits per heavy atom. The van der Waals surface area contributed by atoms with Crippen LogP contribution >= 0.6 is 0 Å². The third-order valence-electron chi connectivity index (χ3n) is 6.25.